The Morgan fingerprint density at radius 3 is 2.81 bits per heavy atom. The number of carbonyl (C=O) groups excluding carboxylic acids is 1. The number of ether oxygens (including phenoxy) is 2. The highest BCUT2D eigenvalue weighted by Gasteiger charge is 2.20. The van der Waals surface area contributed by atoms with Gasteiger partial charge in [-0.15, -0.1) is 0 Å². The van der Waals surface area contributed by atoms with E-state index in [1.54, 1.807) is 29.7 Å². The molecule has 0 saturated heterocycles. The summed E-state index contributed by atoms with van der Waals surface area (Å²) in [6.45, 7) is 1.65. The van der Waals surface area contributed by atoms with Crippen molar-refractivity contribution >= 4 is 22.3 Å². The number of hydroxylamine groups is 1. The van der Waals surface area contributed by atoms with Crippen LogP contribution < -0.4 is 19.9 Å². The summed E-state index contributed by atoms with van der Waals surface area (Å²) in [6.07, 6.45) is 0. The van der Waals surface area contributed by atoms with Crippen LogP contribution in [0.5, 0.6) is 11.5 Å². The van der Waals surface area contributed by atoms with Crippen molar-refractivity contribution in [1.29, 1.82) is 0 Å². The van der Waals surface area contributed by atoms with Crippen molar-refractivity contribution < 1.29 is 27.9 Å². The van der Waals surface area contributed by atoms with Gasteiger partial charge < -0.3 is 14.4 Å². The molecule has 1 heterocycles. The third kappa shape index (κ3) is 4.32. The van der Waals surface area contributed by atoms with Crippen LogP contribution in [0.4, 0.5) is 5.69 Å². The average molecular weight is 392 g/mol. The first-order chi connectivity index (χ1) is 13.0. The van der Waals surface area contributed by atoms with Gasteiger partial charge in [-0.1, -0.05) is 12.1 Å². The highest BCUT2D eigenvalue weighted by atomic mass is 32.2. The predicted octanol–water partition coefficient (Wildman–Crippen LogP) is 1.32. The fraction of sp³-hybridized carbons (Fsp3) is 0.278. The Balaban J connectivity index is 1.88. The molecule has 2 aromatic carbocycles. The SMILES string of the molecule is COc1cc(CN2CCOc3ccc(C(=O)NO)cc32)ccc1C[SH](=O)=O. The van der Waals surface area contributed by atoms with Crippen molar-refractivity contribution in [2.24, 2.45) is 0 Å². The van der Waals surface area contributed by atoms with Crippen LogP contribution in [-0.4, -0.2) is 39.8 Å². The number of hydrogen-bond acceptors (Lipinski definition) is 7. The van der Waals surface area contributed by atoms with E-state index in [2.05, 4.69) is 4.90 Å². The largest absolute Gasteiger partial charge is 0.496 e. The van der Waals surface area contributed by atoms with E-state index >= 15 is 0 Å². The van der Waals surface area contributed by atoms with Gasteiger partial charge in [-0.3, -0.25) is 10.0 Å². The van der Waals surface area contributed by atoms with E-state index in [4.69, 9.17) is 14.7 Å². The normalized spacial score (nSPS) is 13.1. The number of amides is 1. The number of carbonyl (C=O) groups is 1. The van der Waals surface area contributed by atoms with Gasteiger partial charge in [0.25, 0.3) is 5.91 Å². The molecule has 3 rings (SSSR count). The first kappa shape index (κ1) is 19.0. The molecule has 1 amide bonds. The molecule has 2 N–H and O–H groups in total. The third-order valence-electron chi connectivity index (χ3n) is 4.31. The fourth-order valence-electron chi connectivity index (χ4n) is 3.02. The van der Waals surface area contributed by atoms with Crippen molar-refractivity contribution in [2.45, 2.75) is 12.3 Å². The van der Waals surface area contributed by atoms with Crippen molar-refractivity contribution in [3.8, 4) is 11.5 Å². The minimum atomic E-state index is -2.54. The molecule has 0 aromatic heterocycles. The molecule has 1 aliphatic rings. The van der Waals surface area contributed by atoms with Crippen LogP contribution in [0.2, 0.25) is 0 Å². The van der Waals surface area contributed by atoms with Gasteiger partial charge >= 0.3 is 0 Å². The first-order valence-electron chi connectivity index (χ1n) is 8.25. The Hall–Kier alpha value is -2.78. The summed E-state index contributed by atoms with van der Waals surface area (Å²) in [5.41, 5.74) is 4.23. The van der Waals surface area contributed by atoms with E-state index in [1.807, 2.05) is 12.1 Å². The lowest BCUT2D eigenvalue weighted by Crippen LogP contribution is -2.32. The lowest BCUT2D eigenvalue weighted by atomic mass is 10.1. The standard InChI is InChI=1S/C18H20N2O6S/c1-25-17-8-12(2-3-14(17)11-27(23)24)10-20-6-7-26-16-5-4-13(9-15(16)20)18(21)19-22/h2-5,8-9,22,27H,6-7,10-11H2,1H3,(H,19,21). The molecule has 8 nitrogen and oxygen atoms in total. The number of thiol groups is 1. The molecule has 0 saturated carbocycles. The summed E-state index contributed by atoms with van der Waals surface area (Å²) in [7, 11) is -1.03. The molecule has 0 radical (unpaired) electrons. The molecule has 9 heteroatoms. The molecular formula is C18H20N2O6S. The summed E-state index contributed by atoms with van der Waals surface area (Å²) >= 11 is 0. The van der Waals surface area contributed by atoms with Gasteiger partial charge in [-0.2, -0.15) is 0 Å². The molecule has 2 aromatic rings. The van der Waals surface area contributed by atoms with E-state index < -0.39 is 16.6 Å². The number of methoxy groups -OCH3 is 1. The second kappa shape index (κ2) is 8.28. The van der Waals surface area contributed by atoms with Crippen LogP contribution >= 0.6 is 0 Å². The summed E-state index contributed by atoms with van der Waals surface area (Å²) in [4.78, 5) is 13.7. The van der Waals surface area contributed by atoms with E-state index in [9.17, 15) is 13.2 Å². The zero-order valence-corrected chi connectivity index (χ0v) is 15.6. The number of anilines is 1. The lowest BCUT2D eigenvalue weighted by Gasteiger charge is -2.31. The zero-order valence-electron chi connectivity index (χ0n) is 14.7. The van der Waals surface area contributed by atoms with Crippen molar-refractivity contribution in [3.05, 3.63) is 53.1 Å². The zero-order chi connectivity index (χ0) is 19.4. The number of nitrogens with zero attached hydrogens (tertiary/aromatic N) is 1. The Labute approximate surface area is 158 Å². The number of fused-ring (bicyclic) bond motifs is 1. The highest BCUT2D eigenvalue weighted by molar-refractivity contribution is 7.71. The van der Waals surface area contributed by atoms with Crippen molar-refractivity contribution in [1.82, 2.24) is 5.48 Å². The molecule has 0 bridgehead atoms. The summed E-state index contributed by atoms with van der Waals surface area (Å²) in [5, 5.41) is 8.84. The summed E-state index contributed by atoms with van der Waals surface area (Å²) in [5.74, 6) is 0.510. The molecule has 0 unspecified atom stereocenters. The maximum Gasteiger partial charge on any atom is 0.274 e. The van der Waals surface area contributed by atoms with Gasteiger partial charge in [0, 0.05) is 17.7 Å². The Morgan fingerprint density at radius 1 is 1.30 bits per heavy atom. The maximum absolute atomic E-state index is 11.7. The molecule has 0 atom stereocenters. The monoisotopic (exact) mass is 392 g/mol. The number of hydrogen-bond donors (Lipinski definition) is 3. The van der Waals surface area contributed by atoms with E-state index in [1.165, 1.54) is 7.11 Å². The highest BCUT2D eigenvalue weighted by Crippen LogP contribution is 2.34. The lowest BCUT2D eigenvalue weighted by molar-refractivity contribution is 0.0706. The van der Waals surface area contributed by atoms with Gasteiger partial charge in [0.2, 0.25) is 0 Å². The minimum absolute atomic E-state index is 0.0706. The third-order valence-corrected chi connectivity index (χ3v) is 4.91. The molecule has 144 valence electrons. The van der Waals surface area contributed by atoms with Crippen LogP contribution in [0.3, 0.4) is 0 Å². The van der Waals surface area contributed by atoms with Crippen LogP contribution in [-0.2, 0) is 23.0 Å². The number of benzene rings is 2. The minimum Gasteiger partial charge on any atom is -0.496 e. The van der Waals surface area contributed by atoms with Crippen LogP contribution in [0.25, 0.3) is 0 Å². The summed E-state index contributed by atoms with van der Waals surface area (Å²) < 4.78 is 33.0. The second-order valence-corrected chi connectivity index (χ2v) is 7.01. The molecule has 1 aliphatic heterocycles. The van der Waals surface area contributed by atoms with E-state index in [-0.39, 0.29) is 5.75 Å². The molecule has 27 heavy (non-hydrogen) atoms. The van der Waals surface area contributed by atoms with E-state index in [0.29, 0.717) is 42.3 Å². The van der Waals surface area contributed by atoms with Crippen LogP contribution in [0, 0.1) is 0 Å². The smallest absolute Gasteiger partial charge is 0.274 e. The Bertz CT molecular complexity index is 920. The van der Waals surface area contributed by atoms with Gasteiger partial charge in [-0.05, 0) is 29.8 Å². The first-order valence-corrected chi connectivity index (χ1v) is 9.62. The van der Waals surface area contributed by atoms with Crippen molar-refractivity contribution in [3.63, 3.8) is 0 Å². The van der Waals surface area contributed by atoms with E-state index in [0.717, 1.165) is 11.3 Å². The average Bonchev–Trinajstić information content (AvgIpc) is 2.68. The van der Waals surface area contributed by atoms with Crippen molar-refractivity contribution in [2.75, 3.05) is 25.2 Å². The fourth-order valence-corrected chi connectivity index (χ4v) is 3.56. The molecule has 0 aliphatic carbocycles. The molecule has 0 spiro atoms. The number of nitrogens with one attached hydrogen (secondary N) is 1. The molecule has 0 fully saturated rings. The quantitative estimate of drug-likeness (QED) is 0.387. The summed E-state index contributed by atoms with van der Waals surface area (Å²) in [6, 6.07) is 10.4. The van der Waals surface area contributed by atoms with Gasteiger partial charge in [0.05, 0.1) is 25.1 Å². The van der Waals surface area contributed by atoms with Gasteiger partial charge in [0.15, 0.2) is 0 Å². The number of rotatable bonds is 6. The predicted molar refractivity (Wildman–Crippen MR) is 99.3 cm³/mol. The second-order valence-electron chi connectivity index (χ2n) is 6.03. The van der Waals surface area contributed by atoms with Crippen LogP contribution in [0.15, 0.2) is 36.4 Å². The topological polar surface area (TPSA) is 105 Å². The Morgan fingerprint density at radius 2 is 2.11 bits per heavy atom. The Kier molecular flexibility index (Phi) is 5.82. The maximum atomic E-state index is 11.7. The van der Waals surface area contributed by atoms with Gasteiger partial charge in [-0.25, -0.2) is 13.9 Å². The molecular weight excluding hydrogens is 372 g/mol. The van der Waals surface area contributed by atoms with Gasteiger partial charge in [0.1, 0.15) is 28.8 Å². The van der Waals surface area contributed by atoms with Crippen LogP contribution in [0.1, 0.15) is 21.5 Å².